The van der Waals surface area contributed by atoms with Gasteiger partial charge in [0.05, 0.1) is 12.7 Å². The number of aliphatic hydroxyl groups excluding tert-OH is 1. The molecule has 0 aliphatic carbocycles. The van der Waals surface area contributed by atoms with E-state index in [9.17, 15) is 0 Å². The van der Waals surface area contributed by atoms with Crippen molar-refractivity contribution in [2.45, 2.75) is 20.0 Å². The van der Waals surface area contributed by atoms with Gasteiger partial charge >= 0.3 is 0 Å². The molecule has 0 aromatic carbocycles. The average molecular weight is 104 g/mol. The molecule has 0 spiro atoms. The van der Waals surface area contributed by atoms with Crippen LogP contribution in [0.15, 0.2) is 0 Å². The van der Waals surface area contributed by atoms with Gasteiger partial charge in [0.25, 0.3) is 0 Å². The predicted molar refractivity (Wildman–Crippen MR) is 28.2 cm³/mol. The Morgan fingerprint density at radius 2 is 2.29 bits per heavy atom. The van der Waals surface area contributed by atoms with Crippen LogP contribution >= 0.6 is 0 Å². The lowest BCUT2D eigenvalue weighted by Crippen LogP contribution is -2.09. The molecule has 0 saturated heterocycles. The third-order valence-corrected chi connectivity index (χ3v) is 0.563. The van der Waals surface area contributed by atoms with E-state index in [4.69, 9.17) is 9.84 Å². The minimum atomic E-state index is -0.319. The number of rotatable bonds is 3. The lowest BCUT2D eigenvalue weighted by atomic mass is 10.4. The summed E-state index contributed by atoms with van der Waals surface area (Å²) in [7, 11) is 0. The normalized spacial score (nSPS) is 14.1. The van der Waals surface area contributed by atoms with Crippen LogP contribution in [0.25, 0.3) is 0 Å². The molecule has 2 nitrogen and oxygen atoms in total. The number of ether oxygens (including phenoxy) is 1. The van der Waals surface area contributed by atoms with E-state index in [0.717, 1.165) is 0 Å². The lowest BCUT2D eigenvalue weighted by Gasteiger charge is -2.00. The highest BCUT2D eigenvalue weighted by molar-refractivity contribution is 4.38. The maximum Gasteiger partial charge on any atom is 0.0745 e. The van der Waals surface area contributed by atoms with Crippen LogP contribution in [0.2, 0.25) is 0 Å². The Balaban J connectivity index is 2.68. The molecule has 7 heavy (non-hydrogen) atoms. The van der Waals surface area contributed by atoms with E-state index in [1.807, 2.05) is 6.92 Å². The Morgan fingerprint density at radius 3 is 2.43 bits per heavy atom. The van der Waals surface area contributed by atoms with Crippen molar-refractivity contribution in [1.29, 1.82) is 0 Å². The van der Waals surface area contributed by atoms with E-state index in [1.54, 1.807) is 6.92 Å². The summed E-state index contributed by atoms with van der Waals surface area (Å²) in [5, 5.41) is 8.56. The fraction of sp³-hybridized carbons (Fsp3) is 1.00. The van der Waals surface area contributed by atoms with Crippen molar-refractivity contribution in [1.82, 2.24) is 0 Å². The van der Waals surface area contributed by atoms with Crippen molar-refractivity contribution >= 4 is 0 Å². The van der Waals surface area contributed by atoms with Crippen molar-refractivity contribution in [3.05, 3.63) is 0 Å². The second kappa shape index (κ2) is 4.09. The van der Waals surface area contributed by atoms with Gasteiger partial charge in [0.15, 0.2) is 0 Å². The van der Waals surface area contributed by atoms with E-state index in [0.29, 0.717) is 13.2 Å². The van der Waals surface area contributed by atoms with E-state index < -0.39 is 0 Å². The van der Waals surface area contributed by atoms with Gasteiger partial charge in [-0.3, -0.25) is 0 Å². The molecule has 2 heteroatoms. The molecule has 0 unspecified atom stereocenters. The van der Waals surface area contributed by atoms with E-state index >= 15 is 0 Å². The second-order valence-corrected chi connectivity index (χ2v) is 1.51. The Hall–Kier alpha value is -0.0800. The second-order valence-electron chi connectivity index (χ2n) is 1.51. The van der Waals surface area contributed by atoms with Crippen molar-refractivity contribution in [3.63, 3.8) is 0 Å². The van der Waals surface area contributed by atoms with Gasteiger partial charge in [-0.2, -0.15) is 0 Å². The molecule has 0 heterocycles. The highest BCUT2D eigenvalue weighted by atomic mass is 16.5. The lowest BCUT2D eigenvalue weighted by molar-refractivity contribution is 0.0527. The van der Waals surface area contributed by atoms with Crippen LogP contribution in [0.4, 0.5) is 0 Å². The molecule has 1 atom stereocenters. The van der Waals surface area contributed by atoms with Crippen molar-refractivity contribution in [2.75, 3.05) is 13.2 Å². The zero-order valence-electron chi connectivity index (χ0n) is 4.85. The fourth-order valence-electron chi connectivity index (χ4n) is 0.288. The number of aliphatic hydroxyl groups is 1. The van der Waals surface area contributed by atoms with Gasteiger partial charge in [-0.25, -0.2) is 0 Å². The number of hydrogen-bond acceptors (Lipinski definition) is 2. The van der Waals surface area contributed by atoms with E-state index in [2.05, 4.69) is 0 Å². The summed E-state index contributed by atoms with van der Waals surface area (Å²) in [5.74, 6) is 0. The van der Waals surface area contributed by atoms with Crippen LogP contribution in [0.5, 0.6) is 0 Å². The molecule has 0 bridgehead atoms. The molecule has 0 aliphatic rings. The first-order valence-electron chi connectivity index (χ1n) is 2.53. The topological polar surface area (TPSA) is 29.5 Å². The Morgan fingerprint density at radius 1 is 1.71 bits per heavy atom. The maximum atomic E-state index is 8.56. The highest BCUT2D eigenvalue weighted by Gasteiger charge is 1.89. The molecule has 0 aromatic rings. The molecule has 0 aromatic heterocycles. The molecule has 0 fully saturated rings. The third kappa shape index (κ3) is 5.92. The summed E-state index contributed by atoms with van der Waals surface area (Å²) >= 11 is 0. The maximum absolute atomic E-state index is 8.56. The smallest absolute Gasteiger partial charge is 0.0745 e. The SMILES string of the molecule is CCOC[C@H](C)O. The van der Waals surface area contributed by atoms with Gasteiger partial charge < -0.3 is 9.84 Å². The van der Waals surface area contributed by atoms with E-state index in [-0.39, 0.29) is 6.10 Å². The van der Waals surface area contributed by atoms with Crippen LogP contribution in [0, 0.1) is 0 Å². The van der Waals surface area contributed by atoms with Crippen LogP contribution in [0.3, 0.4) is 0 Å². The molecule has 0 aliphatic heterocycles. The van der Waals surface area contributed by atoms with Gasteiger partial charge in [0, 0.05) is 6.61 Å². The Kier molecular flexibility index (Phi) is 4.04. The van der Waals surface area contributed by atoms with Crippen molar-refractivity contribution < 1.29 is 9.84 Å². The quantitative estimate of drug-likeness (QED) is 0.561. The number of hydrogen-bond donors (Lipinski definition) is 1. The predicted octanol–water partition coefficient (Wildman–Crippen LogP) is 0.404. The monoisotopic (exact) mass is 104 g/mol. The van der Waals surface area contributed by atoms with Crippen LogP contribution in [-0.2, 0) is 4.74 Å². The summed E-state index contributed by atoms with van der Waals surface area (Å²) < 4.78 is 4.84. The first-order chi connectivity index (χ1) is 3.27. The third-order valence-electron chi connectivity index (χ3n) is 0.563. The highest BCUT2D eigenvalue weighted by Crippen LogP contribution is 1.79. The minimum absolute atomic E-state index is 0.319. The summed E-state index contributed by atoms with van der Waals surface area (Å²) in [6, 6.07) is 0. The largest absolute Gasteiger partial charge is 0.391 e. The van der Waals surface area contributed by atoms with Gasteiger partial charge in [-0.05, 0) is 13.8 Å². The minimum Gasteiger partial charge on any atom is -0.391 e. The van der Waals surface area contributed by atoms with Crippen molar-refractivity contribution in [3.8, 4) is 0 Å². The first-order valence-corrected chi connectivity index (χ1v) is 2.53. The zero-order chi connectivity index (χ0) is 5.70. The summed E-state index contributed by atoms with van der Waals surface area (Å²) in [6.07, 6.45) is -0.319. The molecule has 0 rings (SSSR count). The standard InChI is InChI=1S/C5H12O2/c1-3-7-4-5(2)6/h5-6H,3-4H2,1-2H3/t5-/m0/s1. The molecular formula is C5H12O2. The fourth-order valence-corrected chi connectivity index (χ4v) is 0.288. The van der Waals surface area contributed by atoms with Crippen molar-refractivity contribution in [2.24, 2.45) is 0 Å². The van der Waals surface area contributed by atoms with Gasteiger partial charge in [-0.15, -0.1) is 0 Å². The average Bonchev–Trinajstić information content (AvgIpc) is 1.61. The molecule has 0 radical (unpaired) electrons. The summed E-state index contributed by atoms with van der Waals surface area (Å²) in [6.45, 7) is 4.75. The summed E-state index contributed by atoms with van der Waals surface area (Å²) in [4.78, 5) is 0. The van der Waals surface area contributed by atoms with Gasteiger partial charge in [0.2, 0.25) is 0 Å². The van der Waals surface area contributed by atoms with E-state index in [1.165, 1.54) is 0 Å². The summed E-state index contributed by atoms with van der Waals surface area (Å²) in [5.41, 5.74) is 0. The Bertz CT molecular complexity index is 35.1. The van der Waals surface area contributed by atoms with Crippen LogP contribution in [0.1, 0.15) is 13.8 Å². The van der Waals surface area contributed by atoms with Gasteiger partial charge in [-0.1, -0.05) is 0 Å². The molecule has 0 saturated carbocycles. The molecule has 0 amide bonds. The Labute approximate surface area is 44.1 Å². The van der Waals surface area contributed by atoms with Gasteiger partial charge in [0.1, 0.15) is 0 Å². The zero-order valence-corrected chi connectivity index (χ0v) is 4.85. The first kappa shape index (κ1) is 6.92. The molecule has 44 valence electrons. The molecular weight excluding hydrogens is 92.1 g/mol. The van der Waals surface area contributed by atoms with Crippen LogP contribution < -0.4 is 0 Å². The molecule has 1 N–H and O–H groups in total. The van der Waals surface area contributed by atoms with Crippen LogP contribution in [-0.4, -0.2) is 24.4 Å².